The highest BCUT2D eigenvalue weighted by atomic mass is 35.5. The van der Waals surface area contributed by atoms with Crippen molar-refractivity contribution in [1.29, 1.82) is 5.26 Å². The summed E-state index contributed by atoms with van der Waals surface area (Å²) >= 11 is 6.01. The van der Waals surface area contributed by atoms with E-state index in [2.05, 4.69) is 16.3 Å². The van der Waals surface area contributed by atoms with Crippen LogP contribution in [0.4, 0.5) is 5.69 Å². The van der Waals surface area contributed by atoms with Crippen LogP contribution in [0.1, 0.15) is 11.1 Å². The Morgan fingerprint density at radius 1 is 1.16 bits per heavy atom. The van der Waals surface area contributed by atoms with Crippen LogP contribution in [0, 0.1) is 18.3 Å². The fraction of sp³-hybridized carbons (Fsp3) is 0.304. The van der Waals surface area contributed by atoms with Gasteiger partial charge in [0.25, 0.3) is 5.91 Å². The van der Waals surface area contributed by atoms with E-state index >= 15 is 0 Å². The van der Waals surface area contributed by atoms with Crippen LogP contribution >= 0.6 is 11.6 Å². The molecule has 0 aliphatic carbocycles. The minimum absolute atomic E-state index is 0.0728. The molecule has 2 aliphatic heterocycles. The lowest BCUT2D eigenvalue weighted by Crippen LogP contribution is -2.43. The normalized spacial score (nSPS) is 16.2. The molecule has 0 bridgehead atoms. The fourth-order valence-corrected chi connectivity index (χ4v) is 3.76. The van der Waals surface area contributed by atoms with Gasteiger partial charge in [0, 0.05) is 49.6 Å². The van der Waals surface area contributed by atoms with Crippen LogP contribution in [0.3, 0.4) is 0 Å². The second-order valence-corrected chi connectivity index (χ2v) is 8.00. The zero-order valence-corrected chi connectivity index (χ0v) is 18.0. The molecule has 7 nitrogen and oxygen atoms in total. The summed E-state index contributed by atoms with van der Waals surface area (Å²) in [5.74, 6) is 1.14. The number of fused-ring (bicyclic) bond motifs is 1. The largest absolute Gasteiger partial charge is 0.454 e. The van der Waals surface area contributed by atoms with Gasteiger partial charge >= 0.3 is 0 Å². The van der Waals surface area contributed by atoms with Crippen molar-refractivity contribution in [2.24, 2.45) is 0 Å². The van der Waals surface area contributed by atoms with E-state index in [4.69, 9.17) is 21.1 Å². The van der Waals surface area contributed by atoms with Gasteiger partial charge < -0.3 is 19.7 Å². The highest BCUT2D eigenvalue weighted by molar-refractivity contribution is 6.31. The first kappa shape index (κ1) is 21.0. The lowest BCUT2D eigenvalue weighted by Gasteiger charge is -2.34. The van der Waals surface area contributed by atoms with Gasteiger partial charge in [0.1, 0.15) is 11.6 Å². The standard InChI is InChI=1S/C23H23ClN4O3/c1-16-2-4-19(24)11-20(16)26-23(29)18(12-25)14-28-8-6-27(7-9-28)13-17-3-5-21-22(10-17)31-15-30-21/h2-5,10-11,14H,6-9,13,15H2,1H3,(H,26,29)/b18-14-. The van der Waals surface area contributed by atoms with E-state index in [0.29, 0.717) is 10.7 Å². The Kier molecular flexibility index (Phi) is 6.31. The molecule has 4 rings (SSSR count). The molecule has 2 aromatic rings. The van der Waals surface area contributed by atoms with Gasteiger partial charge in [0.05, 0.1) is 0 Å². The summed E-state index contributed by atoms with van der Waals surface area (Å²) in [6.07, 6.45) is 1.65. The first-order chi connectivity index (χ1) is 15.0. The van der Waals surface area contributed by atoms with E-state index in [0.717, 1.165) is 49.8 Å². The maximum absolute atomic E-state index is 12.6. The second kappa shape index (κ2) is 9.29. The molecule has 1 saturated heterocycles. The molecule has 2 aliphatic rings. The number of carbonyl (C=O) groups excluding carboxylic acids is 1. The summed E-state index contributed by atoms with van der Waals surface area (Å²) in [6.45, 7) is 6.10. The van der Waals surface area contributed by atoms with Crippen molar-refractivity contribution < 1.29 is 14.3 Å². The first-order valence-electron chi connectivity index (χ1n) is 10.1. The maximum Gasteiger partial charge on any atom is 0.267 e. The molecule has 0 aromatic heterocycles. The Hall–Kier alpha value is -3.21. The number of nitrogens with zero attached hydrogens (tertiary/aromatic N) is 3. The van der Waals surface area contributed by atoms with Crippen LogP contribution in [0.2, 0.25) is 5.02 Å². The van der Waals surface area contributed by atoms with Gasteiger partial charge in [-0.25, -0.2) is 0 Å². The van der Waals surface area contributed by atoms with Crippen molar-refractivity contribution in [2.75, 3.05) is 38.3 Å². The quantitative estimate of drug-likeness (QED) is 0.568. The van der Waals surface area contributed by atoms with E-state index in [1.807, 2.05) is 36.1 Å². The summed E-state index contributed by atoms with van der Waals surface area (Å²) < 4.78 is 10.8. The predicted octanol–water partition coefficient (Wildman–Crippen LogP) is 3.54. The van der Waals surface area contributed by atoms with E-state index in [1.165, 1.54) is 5.56 Å². The summed E-state index contributed by atoms with van der Waals surface area (Å²) in [5, 5.41) is 12.8. The monoisotopic (exact) mass is 438 g/mol. The second-order valence-electron chi connectivity index (χ2n) is 7.57. The molecule has 0 unspecified atom stereocenters. The molecule has 0 radical (unpaired) electrons. The molecule has 0 saturated carbocycles. The van der Waals surface area contributed by atoms with Gasteiger partial charge in [-0.3, -0.25) is 9.69 Å². The zero-order valence-electron chi connectivity index (χ0n) is 17.2. The fourth-order valence-electron chi connectivity index (χ4n) is 3.59. The third kappa shape index (κ3) is 5.10. The van der Waals surface area contributed by atoms with E-state index in [-0.39, 0.29) is 12.4 Å². The molecular weight excluding hydrogens is 416 g/mol. The number of anilines is 1. The molecule has 160 valence electrons. The average Bonchev–Trinajstić information content (AvgIpc) is 3.23. The van der Waals surface area contributed by atoms with E-state index in [9.17, 15) is 10.1 Å². The molecule has 31 heavy (non-hydrogen) atoms. The summed E-state index contributed by atoms with van der Waals surface area (Å²) in [7, 11) is 0. The zero-order chi connectivity index (χ0) is 21.8. The topological polar surface area (TPSA) is 77.8 Å². The Labute approximate surface area is 186 Å². The van der Waals surface area contributed by atoms with Gasteiger partial charge in [-0.05, 0) is 42.3 Å². The number of amides is 1. The van der Waals surface area contributed by atoms with Crippen molar-refractivity contribution >= 4 is 23.2 Å². The number of ether oxygens (including phenoxy) is 2. The number of piperazine rings is 1. The molecule has 1 N–H and O–H groups in total. The third-order valence-corrected chi connectivity index (χ3v) is 5.61. The smallest absolute Gasteiger partial charge is 0.267 e. The molecule has 1 amide bonds. The van der Waals surface area contributed by atoms with Crippen LogP contribution in [0.25, 0.3) is 0 Å². The van der Waals surface area contributed by atoms with Crippen molar-refractivity contribution in [3.63, 3.8) is 0 Å². The number of rotatable bonds is 5. The number of halogens is 1. The molecule has 2 heterocycles. The number of nitrogens with one attached hydrogen (secondary N) is 1. The Morgan fingerprint density at radius 2 is 1.94 bits per heavy atom. The van der Waals surface area contributed by atoms with Gasteiger partial charge in [-0.2, -0.15) is 5.26 Å². The van der Waals surface area contributed by atoms with Crippen LogP contribution in [-0.2, 0) is 11.3 Å². The average molecular weight is 439 g/mol. The summed E-state index contributed by atoms with van der Waals surface area (Å²) in [6, 6.07) is 13.3. The number of aryl methyl sites for hydroxylation is 1. The van der Waals surface area contributed by atoms with Gasteiger partial charge in [-0.1, -0.05) is 23.7 Å². The molecule has 8 heteroatoms. The van der Waals surface area contributed by atoms with Gasteiger partial charge in [0.15, 0.2) is 11.5 Å². The lowest BCUT2D eigenvalue weighted by molar-refractivity contribution is -0.112. The minimum Gasteiger partial charge on any atom is -0.454 e. The number of benzene rings is 2. The Balaban J connectivity index is 1.33. The first-order valence-corrected chi connectivity index (χ1v) is 10.4. The molecule has 1 fully saturated rings. The van der Waals surface area contributed by atoms with Crippen molar-refractivity contribution in [3.8, 4) is 17.6 Å². The maximum atomic E-state index is 12.6. The highest BCUT2D eigenvalue weighted by Gasteiger charge is 2.19. The lowest BCUT2D eigenvalue weighted by atomic mass is 10.1. The van der Waals surface area contributed by atoms with E-state index < -0.39 is 5.91 Å². The highest BCUT2D eigenvalue weighted by Crippen LogP contribution is 2.32. The van der Waals surface area contributed by atoms with Gasteiger partial charge in [0.2, 0.25) is 6.79 Å². The molecule has 2 aromatic carbocycles. The number of nitriles is 1. The number of carbonyl (C=O) groups is 1. The van der Waals surface area contributed by atoms with Crippen molar-refractivity contribution in [2.45, 2.75) is 13.5 Å². The SMILES string of the molecule is Cc1ccc(Cl)cc1NC(=O)/C(C#N)=C\N1CCN(Cc2ccc3c(c2)OCO3)CC1. The van der Waals surface area contributed by atoms with Gasteiger partial charge in [-0.15, -0.1) is 0 Å². The van der Waals surface area contributed by atoms with Crippen LogP contribution in [0.15, 0.2) is 48.2 Å². The molecule has 0 atom stereocenters. The van der Waals surface area contributed by atoms with Crippen molar-refractivity contribution in [1.82, 2.24) is 9.80 Å². The third-order valence-electron chi connectivity index (χ3n) is 5.37. The van der Waals surface area contributed by atoms with Crippen molar-refractivity contribution in [3.05, 3.63) is 64.3 Å². The minimum atomic E-state index is -0.435. The van der Waals surface area contributed by atoms with E-state index in [1.54, 1.807) is 18.3 Å². The molecule has 0 spiro atoms. The summed E-state index contributed by atoms with van der Waals surface area (Å²) in [5.41, 5.74) is 2.73. The number of hydrogen-bond donors (Lipinski definition) is 1. The molecular formula is C23H23ClN4O3. The predicted molar refractivity (Wildman–Crippen MR) is 118 cm³/mol. The van der Waals surface area contributed by atoms with Crippen LogP contribution in [0.5, 0.6) is 11.5 Å². The Morgan fingerprint density at radius 3 is 2.71 bits per heavy atom. The Bertz CT molecular complexity index is 1060. The van der Waals surface area contributed by atoms with Crippen LogP contribution in [-0.4, -0.2) is 48.7 Å². The number of hydrogen-bond acceptors (Lipinski definition) is 6. The van der Waals surface area contributed by atoms with Crippen LogP contribution < -0.4 is 14.8 Å². The summed E-state index contributed by atoms with van der Waals surface area (Å²) in [4.78, 5) is 16.9.